The minimum atomic E-state index is -0.728. The zero-order chi connectivity index (χ0) is 10.5. The van der Waals surface area contributed by atoms with Gasteiger partial charge in [0.2, 0.25) is 0 Å². The first-order valence-corrected chi connectivity index (χ1v) is 4.83. The predicted octanol–water partition coefficient (Wildman–Crippen LogP) is 1.97. The maximum atomic E-state index is 10.6. The van der Waals surface area contributed by atoms with Crippen LogP contribution in [-0.2, 0) is 4.79 Å². The maximum Gasteiger partial charge on any atom is 0.305 e. The van der Waals surface area contributed by atoms with Gasteiger partial charge in [0.1, 0.15) is 0 Å². The molecule has 0 unspecified atom stereocenters. The molecule has 0 atom stereocenters. The van der Waals surface area contributed by atoms with Gasteiger partial charge in [0.15, 0.2) is 0 Å². The monoisotopic (exact) mass is 187 g/mol. The number of carboxylic acids is 1. The highest BCUT2D eigenvalue weighted by Gasteiger charge is 2.25. The van der Waals surface area contributed by atoms with Crippen LogP contribution in [0.2, 0.25) is 0 Å². The molecule has 0 amide bonds. The molecule has 0 aromatic heterocycles. The van der Waals surface area contributed by atoms with Crippen molar-refractivity contribution in [2.45, 2.75) is 45.6 Å². The normalized spacial score (nSPS) is 12.1. The maximum absolute atomic E-state index is 10.6. The van der Waals surface area contributed by atoms with Crippen molar-refractivity contribution in [2.24, 2.45) is 0 Å². The van der Waals surface area contributed by atoms with Crippen molar-refractivity contribution in [1.82, 2.24) is 4.90 Å². The molecule has 0 aromatic carbocycles. The first kappa shape index (κ1) is 12.4. The Morgan fingerprint density at radius 2 is 2.00 bits per heavy atom. The van der Waals surface area contributed by atoms with Crippen molar-refractivity contribution >= 4 is 5.97 Å². The zero-order valence-electron chi connectivity index (χ0n) is 9.13. The smallest absolute Gasteiger partial charge is 0.305 e. The third-order valence-electron chi connectivity index (χ3n) is 2.46. The lowest BCUT2D eigenvalue weighted by Crippen LogP contribution is -2.43. The second-order valence-electron chi connectivity index (χ2n) is 4.16. The van der Waals surface area contributed by atoms with Gasteiger partial charge in [-0.05, 0) is 33.9 Å². The molecule has 0 heterocycles. The number of aliphatic carboxylic acids is 1. The summed E-state index contributed by atoms with van der Waals surface area (Å²) < 4.78 is 0. The van der Waals surface area contributed by atoms with Crippen LogP contribution in [0.5, 0.6) is 0 Å². The highest BCUT2D eigenvalue weighted by Crippen LogP contribution is 2.17. The molecule has 3 heteroatoms. The summed E-state index contributed by atoms with van der Waals surface area (Å²) in [4.78, 5) is 12.7. The molecule has 0 fully saturated rings. The molecular formula is C10H21NO2. The Labute approximate surface area is 80.7 Å². The third kappa shape index (κ3) is 4.88. The lowest BCUT2D eigenvalue weighted by atomic mass is 9.98. The van der Waals surface area contributed by atoms with Crippen LogP contribution in [0.4, 0.5) is 0 Å². The summed E-state index contributed by atoms with van der Waals surface area (Å²) in [7, 11) is 1.98. The molecule has 3 nitrogen and oxygen atoms in total. The van der Waals surface area contributed by atoms with Crippen LogP contribution in [0.1, 0.15) is 40.0 Å². The van der Waals surface area contributed by atoms with Crippen molar-refractivity contribution in [3.63, 3.8) is 0 Å². The van der Waals surface area contributed by atoms with Gasteiger partial charge in [-0.2, -0.15) is 0 Å². The first-order chi connectivity index (χ1) is 5.90. The molecule has 0 aliphatic carbocycles. The molecule has 0 saturated carbocycles. The highest BCUT2D eigenvalue weighted by atomic mass is 16.4. The number of nitrogens with zero attached hydrogens (tertiary/aromatic N) is 1. The minimum Gasteiger partial charge on any atom is -0.481 e. The molecule has 0 aliphatic rings. The van der Waals surface area contributed by atoms with E-state index in [0.717, 1.165) is 19.4 Å². The number of carbonyl (C=O) groups is 1. The lowest BCUT2D eigenvalue weighted by molar-refractivity contribution is -0.139. The fourth-order valence-electron chi connectivity index (χ4n) is 1.20. The van der Waals surface area contributed by atoms with Crippen molar-refractivity contribution in [1.29, 1.82) is 0 Å². The Morgan fingerprint density at radius 3 is 2.38 bits per heavy atom. The van der Waals surface area contributed by atoms with Gasteiger partial charge in [0.25, 0.3) is 0 Å². The summed E-state index contributed by atoms with van der Waals surface area (Å²) >= 11 is 0. The van der Waals surface area contributed by atoms with E-state index in [1.807, 2.05) is 20.9 Å². The Morgan fingerprint density at radius 1 is 1.46 bits per heavy atom. The van der Waals surface area contributed by atoms with Crippen molar-refractivity contribution in [2.75, 3.05) is 13.6 Å². The minimum absolute atomic E-state index is 0.202. The molecule has 0 bridgehead atoms. The van der Waals surface area contributed by atoms with Crippen LogP contribution in [-0.4, -0.2) is 35.1 Å². The average molecular weight is 187 g/mol. The Balaban J connectivity index is 4.01. The summed E-state index contributed by atoms with van der Waals surface area (Å²) in [6.07, 6.45) is 2.47. The van der Waals surface area contributed by atoms with E-state index in [0.29, 0.717) is 0 Å². The van der Waals surface area contributed by atoms with E-state index in [-0.39, 0.29) is 12.0 Å². The van der Waals surface area contributed by atoms with Crippen molar-refractivity contribution < 1.29 is 9.90 Å². The molecule has 0 aliphatic heterocycles. The SMILES string of the molecule is CCCCN(C)C(C)(C)CC(=O)O. The van der Waals surface area contributed by atoms with Crippen LogP contribution >= 0.6 is 0 Å². The summed E-state index contributed by atoms with van der Waals surface area (Å²) in [5.74, 6) is -0.728. The number of unbranched alkanes of at least 4 members (excludes halogenated alkanes) is 1. The van der Waals surface area contributed by atoms with Crippen LogP contribution < -0.4 is 0 Å². The van der Waals surface area contributed by atoms with Crippen LogP contribution in [0, 0.1) is 0 Å². The van der Waals surface area contributed by atoms with E-state index in [4.69, 9.17) is 5.11 Å². The van der Waals surface area contributed by atoms with Gasteiger partial charge in [0.05, 0.1) is 6.42 Å². The Kier molecular flexibility index (Phi) is 4.99. The molecular weight excluding hydrogens is 166 g/mol. The van der Waals surface area contributed by atoms with E-state index in [2.05, 4.69) is 11.8 Å². The quantitative estimate of drug-likeness (QED) is 0.691. The van der Waals surface area contributed by atoms with Gasteiger partial charge in [-0.25, -0.2) is 0 Å². The Bertz CT molecular complexity index is 166. The fraction of sp³-hybridized carbons (Fsp3) is 0.900. The molecule has 78 valence electrons. The van der Waals surface area contributed by atoms with Gasteiger partial charge in [0, 0.05) is 5.54 Å². The standard InChI is InChI=1S/C10H21NO2/c1-5-6-7-11(4)10(2,3)8-9(12)13/h5-8H2,1-4H3,(H,12,13). The molecule has 0 rings (SSSR count). The first-order valence-electron chi connectivity index (χ1n) is 4.83. The summed E-state index contributed by atoms with van der Waals surface area (Å²) in [6, 6.07) is 0. The van der Waals surface area contributed by atoms with Gasteiger partial charge in [-0.3, -0.25) is 4.79 Å². The molecule has 0 radical (unpaired) electrons. The number of hydrogen-bond acceptors (Lipinski definition) is 2. The van der Waals surface area contributed by atoms with Gasteiger partial charge < -0.3 is 10.0 Å². The van der Waals surface area contributed by atoms with Gasteiger partial charge in [-0.1, -0.05) is 13.3 Å². The molecule has 0 spiro atoms. The second kappa shape index (κ2) is 5.22. The molecule has 1 N–H and O–H groups in total. The summed E-state index contributed by atoms with van der Waals surface area (Å²) in [5, 5.41) is 8.70. The van der Waals surface area contributed by atoms with Crippen LogP contribution in [0.25, 0.3) is 0 Å². The van der Waals surface area contributed by atoms with Crippen LogP contribution in [0.15, 0.2) is 0 Å². The predicted molar refractivity (Wildman–Crippen MR) is 53.9 cm³/mol. The molecule has 0 saturated heterocycles. The average Bonchev–Trinajstić information content (AvgIpc) is 1.97. The van der Waals surface area contributed by atoms with E-state index in [1.54, 1.807) is 0 Å². The van der Waals surface area contributed by atoms with Crippen LogP contribution in [0.3, 0.4) is 0 Å². The highest BCUT2D eigenvalue weighted by molar-refractivity contribution is 5.68. The van der Waals surface area contributed by atoms with Crippen molar-refractivity contribution in [3.05, 3.63) is 0 Å². The summed E-state index contributed by atoms with van der Waals surface area (Å²) in [5.41, 5.74) is -0.235. The Hall–Kier alpha value is -0.570. The molecule has 13 heavy (non-hydrogen) atoms. The number of rotatable bonds is 6. The van der Waals surface area contributed by atoms with Crippen molar-refractivity contribution in [3.8, 4) is 0 Å². The number of carboxylic acid groups (broad SMARTS) is 1. The summed E-state index contributed by atoms with van der Waals surface area (Å²) in [6.45, 7) is 7.04. The molecule has 0 aromatic rings. The van der Waals surface area contributed by atoms with E-state index >= 15 is 0 Å². The van der Waals surface area contributed by atoms with E-state index in [1.165, 1.54) is 0 Å². The largest absolute Gasteiger partial charge is 0.481 e. The topological polar surface area (TPSA) is 40.5 Å². The van der Waals surface area contributed by atoms with Gasteiger partial charge in [-0.15, -0.1) is 0 Å². The number of hydrogen-bond donors (Lipinski definition) is 1. The van der Waals surface area contributed by atoms with E-state index < -0.39 is 5.97 Å². The lowest BCUT2D eigenvalue weighted by Gasteiger charge is -2.34. The zero-order valence-corrected chi connectivity index (χ0v) is 9.13. The van der Waals surface area contributed by atoms with E-state index in [9.17, 15) is 4.79 Å². The third-order valence-corrected chi connectivity index (χ3v) is 2.46. The van der Waals surface area contributed by atoms with Gasteiger partial charge >= 0.3 is 5.97 Å². The second-order valence-corrected chi connectivity index (χ2v) is 4.16. The fourth-order valence-corrected chi connectivity index (χ4v) is 1.20.